The monoisotopic (exact) mass is 454 g/mol. The summed E-state index contributed by atoms with van der Waals surface area (Å²) in [5.41, 5.74) is 1.89. The van der Waals surface area contributed by atoms with Gasteiger partial charge in [0.05, 0.1) is 38.1 Å². The van der Waals surface area contributed by atoms with Crippen LogP contribution in [0.2, 0.25) is 0 Å². The average molecular weight is 454 g/mol. The first kappa shape index (κ1) is 20.1. The number of ether oxygens (including phenoxy) is 2. The molecule has 2 aromatic heterocycles. The van der Waals surface area contributed by atoms with Gasteiger partial charge in [0, 0.05) is 35.6 Å². The van der Waals surface area contributed by atoms with Crippen molar-refractivity contribution in [1.82, 2.24) is 19.2 Å². The van der Waals surface area contributed by atoms with Gasteiger partial charge in [0.25, 0.3) is 5.91 Å². The molecule has 8 nitrogen and oxygen atoms in total. The second-order valence-corrected chi connectivity index (χ2v) is 8.43. The number of carbonyl (C=O) groups excluding carboxylic acids is 1. The predicted molar refractivity (Wildman–Crippen MR) is 112 cm³/mol. The van der Waals surface area contributed by atoms with E-state index in [-0.39, 0.29) is 47.2 Å². The number of rotatable bonds is 4. The number of hydrogen-bond acceptors (Lipinski definition) is 5. The van der Waals surface area contributed by atoms with Gasteiger partial charge < -0.3 is 18.9 Å². The van der Waals surface area contributed by atoms with Crippen LogP contribution in [0.3, 0.4) is 0 Å². The minimum atomic E-state index is -0.663. The zero-order valence-corrected chi connectivity index (χ0v) is 17.8. The number of hydrogen-bond donors (Lipinski definition) is 0. The van der Waals surface area contributed by atoms with E-state index in [1.807, 2.05) is 4.57 Å². The van der Waals surface area contributed by atoms with Crippen molar-refractivity contribution in [2.45, 2.75) is 31.7 Å². The second kappa shape index (κ2) is 7.24. The Morgan fingerprint density at radius 3 is 2.91 bits per heavy atom. The average Bonchev–Trinajstić information content (AvgIpc) is 3.53. The molecule has 0 aliphatic carbocycles. The number of pyridine rings is 1. The lowest BCUT2D eigenvalue weighted by atomic mass is 10.0. The topological polar surface area (TPSA) is 78.6 Å². The molecule has 2 atom stereocenters. The molecule has 170 valence electrons. The van der Waals surface area contributed by atoms with Crippen LogP contribution in [0.4, 0.5) is 8.78 Å². The van der Waals surface area contributed by atoms with Crippen molar-refractivity contribution in [3.63, 3.8) is 0 Å². The van der Waals surface area contributed by atoms with E-state index >= 15 is 0 Å². The zero-order chi connectivity index (χ0) is 22.9. The third kappa shape index (κ3) is 2.86. The van der Waals surface area contributed by atoms with Gasteiger partial charge in [0.1, 0.15) is 11.6 Å². The van der Waals surface area contributed by atoms with Crippen molar-refractivity contribution in [2.24, 2.45) is 0 Å². The number of carbonyl (C=O) groups is 1. The molecule has 0 saturated carbocycles. The van der Waals surface area contributed by atoms with Crippen LogP contribution in [0.5, 0.6) is 5.75 Å². The second-order valence-electron chi connectivity index (χ2n) is 8.43. The van der Waals surface area contributed by atoms with Crippen LogP contribution >= 0.6 is 0 Å². The molecular formula is C23H20F2N4O4. The molecule has 0 bridgehead atoms. The van der Waals surface area contributed by atoms with Crippen LogP contribution in [0.25, 0.3) is 11.1 Å². The van der Waals surface area contributed by atoms with Crippen LogP contribution in [-0.4, -0.2) is 51.6 Å². The van der Waals surface area contributed by atoms with E-state index in [4.69, 9.17) is 9.47 Å². The summed E-state index contributed by atoms with van der Waals surface area (Å²) < 4.78 is 42.0. The highest BCUT2D eigenvalue weighted by Crippen LogP contribution is 2.43. The van der Waals surface area contributed by atoms with Crippen LogP contribution in [0.1, 0.15) is 34.2 Å². The molecule has 1 saturated heterocycles. The molecule has 5 heterocycles. The molecule has 6 rings (SSSR count). The number of halogens is 2. The highest BCUT2D eigenvalue weighted by molar-refractivity contribution is 5.97. The van der Waals surface area contributed by atoms with Gasteiger partial charge in [-0.3, -0.25) is 14.3 Å². The summed E-state index contributed by atoms with van der Waals surface area (Å²) in [6.45, 7) is 1.03. The first-order chi connectivity index (χ1) is 16.0. The highest BCUT2D eigenvalue weighted by Gasteiger charge is 2.48. The van der Waals surface area contributed by atoms with Gasteiger partial charge in [-0.1, -0.05) is 6.07 Å². The summed E-state index contributed by atoms with van der Waals surface area (Å²) in [4.78, 5) is 28.4. The van der Waals surface area contributed by atoms with Gasteiger partial charge in [0.15, 0.2) is 17.7 Å². The molecule has 2 unspecified atom stereocenters. The summed E-state index contributed by atoms with van der Waals surface area (Å²) in [5.74, 6) is -1.57. The van der Waals surface area contributed by atoms with E-state index in [0.717, 1.165) is 18.2 Å². The van der Waals surface area contributed by atoms with Crippen molar-refractivity contribution >= 4 is 5.91 Å². The maximum atomic E-state index is 14.1. The quantitative estimate of drug-likeness (QED) is 0.605. The van der Waals surface area contributed by atoms with E-state index in [1.54, 1.807) is 11.1 Å². The number of methoxy groups -OCH3 is 1. The van der Waals surface area contributed by atoms with Crippen molar-refractivity contribution in [3.8, 4) is 16.9 Å². The van der Waals surface area contributed by atoms with Gasteiger partial charge in [-0.15, -0.1) is 0 Å². The Morgan fingerprint density at radius 2 is 2.12 bits per heavy atom. The van der Waals surface area contributed by atoms with Crippen LogP contribution in [0, 0.1) is 11.6 Å². The minimum absolute atomic E-state index is 0.00771. The number of fused-ring (bicyclic) bond motifs is 2. The number of benzene rings is 1. The highest BCUT2D eigenvalue weighted by atomic mass is 19.1. The first-order valence-corrected chi connectivity index (χ1v) is 10.7. The Labute approximate surface area is 186 Å². The lowest BCUT2D eigenvalue weighted by molar-refractivity contribution is -0.0124. The van der Waals surface area contributed by atoms with Gasteiger partial charge in [-0.25, -0.2) is 8.78 Å². The Balaban J connectivity index is 1.47. The van der Waals surface area contributed by atoms with Crippen molar-refractivity contribution < 1.29 is 23.0 Å². The SMILES string of the molecule is COc1c2n3c(c(-c4cnn(Cc5ccc(F)cc5F)c4)c1=O)CCC3C1OCCN1C2=O. The summed E-state index contributed by atoms with van der Waals surface area (Å²) in [6.07, 6.45) is 4.17. The summed E-state index contributed by atoms with van der Waals surface area (Å²) in [7, 11) is 1.38. The van der Waals surface area contributed by atoms with Crippen LogP contribution in [-0.2, 0) is 17.7 Å². The number of amides is 1. The molecule has 0 spiro atoms. The molecule has 33 heavy (non-hydrogen) atoms. The first-order valence-electron chi connectivity index (χ1n) is 10.7. The standard InChI is InChI=1S/C23H20F2N4O4/c1-32-21-19-22(31)28-6-7-33-23(28)17-5-4-16(29(17)19)18(20(21)30)13-9-26-27(11-13)10-12-2-3-14(24)8-15(12)25/h2-3,8-9,11,17,23H,4-7,10H2,1H3. The van der Waals surface area contributed by atoms with E-state index in [2.05, 4.69) is 5.10 Å². The molecule has 3 aromatic rings. The fraction of sp³-hybridized carbons (Fsp3) is 0.348. The predicted octanol–water partition coefficient (Wildman–Crippen LogP) is 2.35. The van der Waals surface area contributed by atoms with Crippen LogP contribution in [0.15, 0.2) is 35.4 Å². The van der Waals surface area contributed by atoms with Crippen LogP contribution < -0.4 is 10.2 Å². The van der Waals surface area contributed by atoms with Crippen molar-refractivity contribution in [2.75, 3.05) is 20.3 Å². The Hall–Kier alpha value is -3.53. The molecule has 1 aromatic carbocycles. The van der Waals surface area contributed by atoms with Gasteiger partial charge in [-0.05, 0) is 18.9 Å². The summed E-state index contributed by atoms with van der Waals surface area (Å²) in [6, 6.07) is 3.29. The zero-order valence-electron chi connectivity index (χ0n) is 17.8. The minimum Gasteiger partial charge on any atom is -0.491 e. The van der Waals surface area contributed by atoms with E-state index < -0.39 is 11.6 Å². The lowest BCUT2D eigenvalue weighted by Gasteiger charge is -2.37. The molecule has 3 aliphatic rings. The van der Waals surface area contributed by atoms with Crippen molar-refractivity contribution in [3.05, 3.63) is 69.4 Å². The number of nitrogens with zero attached hydrogens (tertiary/aromatic N) is 4. The van der Waals surface area contributed by atoms with Gasteiger partial charge >= 0.3 is 0 Å². The largest absolute Gasteiger partial charge is 0.491 e. The molecule has 1 amide bonds. The Kier molecular flexibility index (Phi) is 4.41. The smallest absolute Gasteiger partial charge is 0.276 e. The van der Waals surface area contributed by atoms with Gasteiger partial charge in [0.2, 0.25) is 5.43 Å². The van der Waals surface area contributed by atoms with E-state index in [1.165, 1.54) is 30.1 Å². The fourth-order valence-corrected chi connectivity index (χ4v) is 5.26. The summed E-state index contributed by atoms with van der Waals surface area (Å²) in [5, 5.41) is 4.28. The van der Waals surface area contributed by atoms with E-state index in [0.29, 0.717) is 30.7 Å². The Morgan fingerprint density at radius 1 is 1.27 bits per heavy atom. The van der Waals surface area contributed by atoms with E-state index in [9.17, 15) is 18.4 Å². The normalized spacial score (nSPS) is 20.8. The Bertz CT molecular complexity index is 1370. The molecule has 1 fully saturated rings. The third-order valence-corrected chi connectivity index (χ3v) is 6.67. The third-order valence-electron chi connectivity index (χ3n) is 6.67. The fourth-order valence-electron chi connectivity index (χ4n) is 5.26. The molecule has 10 heteroatoms. The maximum Gasteiger partial charge on any atom is 0.276 e. The molecular weight excluding hydrogens is 434 g/mol. The van der Waals surface area contributed by atoms with Gasteiger partial charge in [-0.2, -0.15) is 5.10 Å². The summed E-state index contributed by atoms with van der Waals surface area (Å²) >= 11 is 0. The maximum absolute atomic E-state index is 14.1. The molecule has 0 radical (unpaired) electrons. The molecule has 3 aliphatic heterocycles. The number of aromatic nitrogens is 3. The lowest BCUT2D eigenvalue weighted by Crippen LogP contribution is -2.48. The van der Waals surface area contributed by atoms with Crippen molar-refractivity contribution in [1.29, 1.82) is 0 Å². The molecule has 0 N–H and O–H groups in total.